The highest BCUT2D eigenvalue weighted by molar-refractivity contribution is 7.89. The van der Waals surface area contributed by atoms with Crippen LogP contribution in [0.25, 0.3) is 0 Å². The van der Waals surface area contributed by atoms with E-state index in [1.165, 1.54) is 6.92 Å². The van der Waals surface area contributed by atoms with Gasteiger partial charge in [-0.2, -0.15) is 4.72 Å². The summed E-state index contributed by atoms with van der Waals surface area (Å²) in [7, 11) is -3.99. The fourth-order valence-electron chi connectivity index (χ4n) is 1.62. The molecule has 1 aromatic rings. The number of carboxylic acid groups (broad SMARTS) is 1. The van der Waals surface area contributed by atoms with Gasteiger partial charge in [-0.15, -0.1) is 0 Å². The maximum atomic E-state index is 12.9. The van der Waals surface area contributed by atoms with Gasteiger partial charge >= 0.3 is 5.97 Å². The molecule has 2 N–H and O–H groups in total. The minimum atomic E-state index is -3.99. The van der Waals surface area contributed by atoms with Gasteiger partial charge in [0.2, 0.25) is 10.0 Å². The van der Waals surface area contributed by atoms with Gasteiger partial charge < -0.3 is 5.11 Å². The van der Waals surface area contributed by atoms with Crippen molar-refractivity contribution in [1.29, 1.82) is 0 Å². The second-order valence-electron chi connectivity index (χ2n) is 4.59. The van der Waals surface area contributed by atoms with Crippen LogP contribution < -0.4 is 4.72 Å². The number of rotatable bonds is 5. The Hall–Kier alpha value is -1.47. The standard InChI is InChI=1S/C12H16FNO4S/c1-7(2)11(12(15)16)14-19(17,18)10-5-4-9(13)6-8(10)3/h4-7,11,14H,1-3H3,(H,15,16)/t11-/m0/s1. The first-order valence-corrected chi connectivity index (χ1v) is 7.14. The van der Waals surface area contributed by atoms with Gasteiger partial charge in [-0.25, -0.2) is 12.8 Å². The monoisotopic (exact) mass is 289 g/mol. The van der Waals surface area contributed by atoms with Crippen LogP contribution in [-0.2, 0) is 14.8 Å². The minimum Gasteiger partial charge on any atom is -0.480 e. The number of hydrogen-bond acceptors (Lipinski definition) is 3. The summed E-state index contributed by atoms with van der Waals surface area (Å²) >= 11 is 0. The number of aliphatic carboxylic acids is 1. The lowest BCUT2D eigenvalue weighted by Crippen LogP contribution is -2.44. The minimum absolute atomic E-state index is 0.124. The van der Waals surface area contributed by atoms with Crippen molar-refractivity contribution >= 4 is 16.0 Å². The second-order valence-corrected chi connectivity index (χ2v) is 6.27. The Morgan fingerprint density at radius 2 is 1.95 bits per heavy atom. The van der Waals surface area contributed by atoms with Gasteiger partial charge in [-0.3, -0.25) is 4.79 Å². The van der Waals surface area contributed by atoms with Crippen LogP contribution in [0, 0.1) is 18.7 Å². The Balaban J connectivity index is 3.14. The summed E-state index contributed by atoms with van der Waals surface area (Å²) in [5.74, 6) is -2.21. The van der Waals surface area contributed by atoms with E-state index in [4.69, 9.17) is 5.11 Å². The van der Waals surface area contributed by atoms with Crippen LogP contribution in [0.1, 0.15) is 19.4 Å². The van der Waals surface area contributed by atoms with Crippen LogP contribution >= 0.6 is 0 Å². The largest absolute Gasteiger partial charge is 0.480 e. The molecule has 0 spiro atoms. The van der Waals surface area contributed by atoms with Crippen molar-refractivity contribution in [2.24, 2.45) is 5.92 Å². The summed E-state index contributed by atoms with van der Waals surface area (Å²) < 4.78 is 39.2. The van der Waals surface area contributed by atoms with Crippen molar-refractivity contribution in [3.8, 4) is 0 Å². The highest BCUT2D eigenvalue weighted by atomic mass is 32.2. The topological polar surface area (TPSA) is 83.5 Å². The Labute approximate surface area is 111 Å². The molecule has 0 aliphatic carbocycles. The number of aryl methyl sites for hydroxylation is 1. The Kier molecular flexibility index (Phi) is 4.65. The highest BCUT2D eigenvalue weighted by Crippen LogP contribution is 2.17. The van der Waals surface area contributed by atoms with Crippen LogP contribution in [0.3, 0.4) is 0 Å². The first-order chi connectivity index (χ1) is 8.65. The molecule has 0 aliphatic rings. The molecule has 0 amide bonds. The number of carboxylic acids is 1. The molecule has 0 saturated carbocycles. The Morgan fingerprint density at radius 3 is 2.37 bits per heavy atom. The lowest BCUT2D eigenvalue weighted by atomic mass is 10.1. The molecule has 1 atom stereocenters. The fraction of sp³-hybridized carbons (Fsp3) is 0.417. The molecule has 0 saturated heterocycles. The molecular weight excluding hydrogens is 273 g/mol. The number of benzene rings is 1. The first kappa shape index (κ1) is 15.6. The third-order valence-electron chi connectivity index (χ3n) is 2.64. The maximum absolute atomic E-state index is 12.9. The van der Waals surface area contributed by atoms with Gasteiger partial charge in [0, 0.05) is 0 Å². The van der Waals surface area contributed by atoms with Crippen molar-refractivity contribution in [2.45, 2.75) is 31.7 Å². The van der Waals surface area contributed by atoms with Crippen molar-refractivity contribution in [3.05, 3.63) is 29.6 Å². The van der Waals surface area contributed by atoms with E-state index in [2.05, 4.69) is 4.72 Å². The third-order valence-corrected chi connectivity index (χ3v) is 4.24. The second kappa shape index (κ2) is 5.66. The van der Waals surface area contributed by atoms with Crippen molar-refractivity contribution in [2.75, 3.05) is 0 Å². The molecule has 0 fully saturated rings. The summed E-state index contributed by atoms with van der Waals surface area (Å²) in [6, 6.07) is 1.99. The molecule has 5 nitrogen and oxygen atoms in total. The number of halogens is 1. The van der Waals surface area contributed by atoms with Gasteiger partial charge in [0.15, 0.2) is 0 Å². The molecule has 19 heavy (non-hydrogen) atoms. The average molecular weight is 289 g/mol. The first-order valence-electron chi connectivity index (χ1n) is 5.66. The van der Waals surface area contributed by atoms with E-state index in [-0.39, 0.29) is 10.5 Å². The Bertz CT molecular complexity index is 583. The molecule has 7 heteroatoms. The zero-order chi connectivity index (χ0) is 14.8. The van der Waals surface area contributed by atoms with Crippen LogP contribution in [0.5, 0.6) is 0 Å². The zero-order valence-electron chi connectivity index (χ0n) is 10.8. The van der Waals surface area contributed by atoms with E-state index in [9.17, 15) is 17.6 Å². The maximum Gasteiger partial charge on any atom is 0.322 e. The summed E-state index contributed by atoms with van der Waals surface area (Å²) in [6.45, 7) is 4.64. The fourth-order valence-corrected chi connectivity index (χ4v) is 3.18. The summed E-state index contributed by atoms with van der Waals surface area (Å²) in [4.78, 5) is 10.9. The predicted octanol–water partition coefficient (Wildman–Crippen LogP) is 1.52. The van der Waals surface area contributed by atoms with Gasteiger partial charge in [0.1, 0.15) is 11.9 Å². The molecule has 0 aliphatic heterocycles. The zero-order valence-corrected chi connectivity index (χ0v) is 11.7. The van der Waals surface area contributed by atoms with E-state index in [0.717, 1.165) is 18.2 Å². The number of sulfonamides is 1. The normalized spacial score (nSPS) is 13.5. The Morgan fingerprint density at radius 1 is 1.37 bits per heavy atom. The SMILES string of the molecule is Cc1cc(F)ccc1S(=O)(=O)N[C@H](C(=O)O)C(C)C. The molecule has 106 valence electrons. The molecule has 0 unspecified atom stereocenters. The number of nitrogens with one attached hydrogen (secondary N) is 1. The van der Waals surface area contributed by atoms with Gasteiger partial charge in [0.05, 0.1) is 4.90 Å². The molecule has 0 heterocycles. The van der Waals surface area contributed by atoms with E-state index >= 15 is 0 Å². The third kappa shape index (κ3) is 3.74. The molecular formula is C12H16FNO4S. The predicted molar refractivity (Wildman–Crippen MR) is 67.7 cm³/mol. The van der Waals surface area contributed by atoms with Crippen LogP contribution in [-0.4, -0.2) is 25.5 Å². The van der Waals surface area contributed by atoms with E-state index < -0.39 is 33.8 Å². The summed E-state index contributed by atoms with van der Waals surface area (Å²) in [5.41, 5.74) is 0.223. The van der Waals surface area contributed by atoms with Crippen LogP contribution in [0.4, 0.5) is 4.39 Å². The lowest BCUT2D eigenvalue weighted by Gasteiger charge is -2.18. The molecule has 0 bridgehead atoms. The quantitative estimate of drug-likeness (QED) is 0.861. The molecule has 0 radical (unpaired) electrons. The average Bonchev–Trinajstić information content (AvgIpc) is 2.24. The van der Waals surface area contributed by atoms with Crippen molar-refractivity contribution in [3.63, 3.8) is 0 Å². The number of hydrogen-bond donors (Lipinski definition) is 2. The molecule has 1 aromatic carbocycles. The van der Waals surface area contributed by atoms with Gasteiger partial charge in [0.25, 0.3) is 0 Å². The van der Waals surface area contributed by atoms with E-state index in [1.54, 1.807) is 13.8 Å². The van der Waals surface area contributed by atoms with Crippen molar-refractivity contribution < 1.29 is 22.7 Å². The van der Waals surface area contributed by atoms with Crippen molar-refractivity contribution in [1.82, 2.24) is 4.72 Å². The van der Waals surface area contributed by atoms with Gasteiger partial charge in [-0.05, 0) is 36.6 Å². The molecule has 1 rings (SSSR count). The molecule has 0 aromatic heterocycles. The van der Waals surface area contributed by atoms with Crippen LogP contribution in [0.15, 0.2) is 23.1 Å². The van der Waals surface area contributed by atoms with Gasteiger partial charge in [-0.1, -0.05) is 13.8 Å². The van der Waals surface area contributed by atoms with E-state index in [0.29, 0.717) is 0 Å². The highest BCUT2D eigenvalue weighted by Gasteiger charge is 2.28. The van der Waals surface area contributed by atoms with Crippen LogP contribution in [0.2, 0.25) is 0 Å². The number of carbonyl (C=O) groups is 1. The lowest BCUT2D eigenvalue weighted by molar-refractivity contribution is -0.140. The summed E-state index contributed by atoms with van der Waals surface area (Å²) in [6.07, 6.45) is 0. The van der Waals surface area contributed by atoms with E-state index in [1.807, 2.05) is 0 Å². The summed E-state index contributed by atoms with van der Waals surface area (Å²) in [5, 5.41) is 8.98. The smallest absolute Gasteiger partial charge is 0.322 e.